The first-order valence-corrected chi connectivity index (χ1v) is 8.92. The number of hydrogen-bond donors (Lipinski definition) is 2. The number of benzene rings is 2. The number of amides is 1. The fourth-order valence-electron chi connectivity index (χ4n) is 3.26. The normalized spacial score (nSPS) is 11.2. The minimum Gasteiger partial charge on any atom is -0.350 e. The summed E-state index contributed by atoms with van der Waals surface area (Å²) in [6.45, 7) is 3.92. The van der Waals surface area contributed by atoms with Crippen molar-refractivity contribution in [3.05, 3.63) is 70.1 Å². The molecule has 0 saturated carbocycles. The Labute approximate surface area is 155 Å². The summed E-state index contributed by atoms with van der Waals surface area (Å²) in [6.07, 6.45) is 2.53. The van der Waals surface area contributed by atoms with Crippen molar-refractivity contribution in [2.45, 2.75) is 26.8 Å². The summed E-state index contributed by atoms with van der Waals surface area (Å²) in [4.78, 5) is 28.3. The van der Waals surface area contributed by atoms with Gasteiger partial charge in [0.05, 0.1) is 6.20 Å². The Morgan fingerprint density at radius 3 is 2.85 bits per heavy atom. The Kier molecular flexibility index (Phi) is 4.24. The van der Waals surface area contributed by atoms with Crippen molar-refractivity contribution in [2.75, 3.05) is 5.32 Å². The lowest BCUT2D eigenvalue weighted by Gasteiger charge is -2.08. The van der Waals surface area contributed by atoms with E-state index in [-0.39, 0.29) is 18.0 Å². The van der Waals surface area contributed by atoms with Crippen molar-refractivity contribution < 1.29 is 4.79 Å². The van der Waals surface area contributed by atoms with Crippen molar-refractivity contribution in [3.8, 4) is 0 Å². The second-order valence-corrected chi connectivity index (χ2v) is 6.67. The van der Waals surface area contributed by atoms with Crippen LogP contribution in [0.1, 0.15) is 18.1 Å². The number of anilines is 1. The lowest BCUT2D eigenvalue weighted by molar-refractivity contribution is -0.117. The highest BCUT2D eigenvalue weighted by atomic mass is 16.2. The number of aromatic nitrogens is 3. The molecule has 0 aliphatic carbocycles. The molecule has 0 bridgehead atoms. The number of H-pyrrole nitrogens is 1. The third-order valence-corrected chi connectivity index (χ3v) is 4.68. The van der Waals surface area contributed by atoms with Gasteiger partial charge >= 0.3 is 0 Å². The highest BCUT2D eigenvalue weighted by Gasteiger charge is 2.13. The number of nitrogens with one attached hydrogen (secondary N) is 2. The van der Waals surface area contributed by atoms with Gasteiger partial charge in [-0.1, -0.05) is 30.7 Å². The van der Waals surface area contributed by atoms with E-state index in [9.17, 15) is 9.59 Å². The molecule has 0 saturated heterocycles. The Morgan fingerprint density at radius 1 is 1.19 bits per heavy atom. The molecule has 0 aliphatic rings. The number of carbonyl (C=O) groups is 1. The van der Waals surface area contributed by atoms with Crippen molar-refractivity contribution >= 4 is 33.4 Å². The second kappa shape index (κ2) is 6.72. The van der Waals surface area contributed by atoms with Gasteiger partial charge in [-0.15, -0.1) is 0 Å². The largest absolute Gasteiger partial charge is 0.350 e. The number of nitrogens with zero attached hydrogens (tertiary/aromatic N) is 2. The average molecular weight is 360 g/mol. The van der Waals surface area contributed by atoms with Crippen LogP contribution in [0.2, 0.25) is 0 Å². The van der Waals surface area contributed by atoms with Crippen molar-refractivity contribution in [3.63, 3.8) is 0 Å². The Morgan fingerprint density at radius 2 is 2.04 bits per heavy atom. The second-order valence-electron chi connectivity index (χ2n) is 6.67. The fraction of sp³-hybridized carbons (Fsp3) is 0.190. The molecule has 2 aromatic carbocycles. The van der Waals surface area contributed by atoms with E-state index in [4.69, 9.17) is 0 Å². The van der Waals surface area contributed by atoms with E-state index in [0.717, 1.165) is 39.5 Å². The van der Waals surface area contributed by atoms with Crippen LogP contribution < -0.4 is 10.9 Å². The fourth-order valence-corrected chi connectivity index (χ4v) is 3.26. The Hall–Kier alpha value is -3.41. The molecule has 4 rings (SSSR count). The predicted molar refractivity (Wildman–Crippen MR) is 107 cm³/mol. The summed E-state index contributed by atoms with van der Waals surface area (Å²) < 4.78 is 1.18. The van der Waals surface area contributed by atoms with Gasteiger partial charge in [-0.25, -0.2) is 4.68 Å². The zero-order valence-corrected chi connectivity index (χ0v) is 15.2. The van der Waals surface area contributed by atoms with Gasteiger partial charge in [0, 0.05) is 22.0 Å². The first-order valence-electron chi connectivity index (χ1n) is 8.92. The molecule has 1 amide bonds. The molecule has 0 atom stereocenters. The van der Waals surface area contributed by atoms with Gasteiger partial charge in [0.15, 0.2) is 0 Å². The number of carbonyl (C=O) groups excluding carboxylic acids is 1. The SMILES string of the molecule is CCc1cccc(NC(=O)Cn2ncc3c([nH]c4ccc(C)cc43)c2=O)c1. The maximum atomic E-state index is 12.8. The standard InChI is InChI=1S/C21H20N4O2/c1-3-14-5-4-6-15(10-14)23-19(26)12-25-21(27)20-17(11-22-25)16-9-13(2)7-8-18(16)24-20/h4-11,24H,3,12H2,1-2H3,(H,23,26). The Bertz CT molecular complexity index is 1220. The third-order valence-electron chi connectivity index (χ3n) is 4.68. The highest BCUT2D eigenvalue weighted by molar-refractivity contribution is 6.06. The van der Waals surface area contributed by atoms with Crippen LogP contribution in [0.5, 0.6) is 0 Å². The lowest BCUT2D eigenvalue weighted by Crippen LogP contribution is -2.29. The molecule has 6 nitrogen and oxygen atoms in total. The van der Waals surface area contributed by atoms with Gasteiger partial charge < -0.3 is 10.3 Å². The number of hydrogen-bond acceptors (Lipinski definition) is 3. The summed E-state index contributed by atoms with van der Waals surface area (Å²) in [5.74, 6) is -0.288. The molecule has 0 radical (unpaired) electrons. The summed E-state index contributed by atoms with van der Waals surface area (Å²) in [5.41, 5.74) is 4.01. The monoisotopic (exact) mass is 360 g/mol. The number of fused-ring (bicyclic) bond motifs is 3. The van der Waals surface area contributed by atoms with Gasteiger partial charge in [0.2, 0.25) is 5.91 Å². The van der Waals surface area contributed by atoms with Crippen LogP contribution in [0.25, 0.3) is 21.8 Å². The smallest absolute Gasteiger partial charge is 0.291 e. The van der Waals surface area contributed by atoms with Crippen LogP contribution in [0, 0.1) is 6.92 Å². The first kappa shape index (κ1) is 17.0. The minimum atomic E-state index is -0.307. The van der Waals surface area contributed by atoms with Crippen molar-refractivity contribution in [1.29, 1.82) is 0 Å². The lowest BCUT2D eigenvalue weighted by atomic mass is 10.1. The van der Waals surface area contributed by atoms with E-state index in [2.05, 4.69) is 22.3 Å². The maximum Gasteiger partial charge on any atom is 0.291 e. The zero-order valence-electron chi connectivity index (χ0n) is 15.2. The van der Waals surface area contributed by atoms with Crippen LogP contribution in [-0.2, 0) is 17.8 Å². The molecule has 0 unspecified atom stereocenters. The van der Waals surface area contributed by atoms with E-state index < -0.39 is 0 Å². The first-order chi connectivity index (χ1) is 13.0. The van der Waals surface area contributed by atoms with Gasteiger partial charge in [-0.2, -0.15) is 5.10 Å². The summed E-state index contributed by atoms with van der Waals surface area (Å²) in [7, 11) is 0. The highest BCUT2D eigenvalue weighted by Crippen LogP contribution is 2.23. The molecular formula is C21H20N4O2. The summed E-state index contributed by atoms with van der Waals surface area (Å²) >= 11 is 0. The molecule has 2 aromatic heterocycles. The van der Waals surface area contributed by atoms with Crippen molar-refractivity contribution in [1.82, 2.24) is 14.8 Å². The molecular weight excluding hydrogens is 340 g/mol. The zero-order chi connectivity index (χ0) is 19.0. The predicted octanol–water partition coefficient (Wildman–Crippen LogP) is 3.39. The van der Waals surface area contributed by atoms with Crippen LogP contribution >= 0.6 is 0 Å². The number of aryl methyl sites for hydroxylation is 2. The molecule has 136 valence electrons. The van der Waals surface area contributed by atoms with E-state index in [1.54, 1.807) is 6.20 Å². The molecule has 4 aromatic rings. The van der Waals surface area contributed by atoms with Gasteiger partial charge in [-0.05, 0) is 43.2 Å². The van der Waals surface area contributed by atoms with Crippen LogP contribution in [-0.4, -0.2) is 20.7 Å². The minimum absolute atomic E-state index is 0.139. The van der Waals surface area contributed by atoms with Crippen LogP contribution in [0.3, 0.4) is 0 Å². The van der Waals surface area contributed by atoms with Gasteiger partial charge in [0.25, 0.3) is 5.56 Å². The Balaban J connectivity index is 1.63. The summed E-state index contributed by atoms with van der Waals surface area (Å²) in [5, 5.41) is 8.75. The molecule has 27 heavy (non-hydrogen) atoms. The molecule has 0 fully saturated rings. The van der Waals surface area contributed by atoms with Crippen LogP contribution in [0.4, 0.5) is 5.69 Å². The molecule has 2 heterocycles. The van der Waals surface area contributed by atoms with Crippen LogP contribution in [0.15, 0.2) is 53.5 Å². The molecule has 0 spiro atoms. The van der Waals surface area contributed by atoms with E-state index in [0.29, 0.717) is 5.52 Å². The summed E-state index contributed by atoms with van der Waals surface area (Å²) in [6, 6.07) is 13.6. The molecule has 0 aliphatic heterocycles. The maximum absolute atomic E-state index is 12.8. The topological polar surface area (TPSA) is 79.8 Å². The van der Waals surface area contributed by atoms with E-state index >= 15 is 0 Å². The third kappa shape index (κ3) is 3.21. The van der Waals surface area contributed by atoms with E-state index in [1.807, 2.05) is 49.4 Å². The quantitative estimate of drug-likeness (QED) is 0.585. The van der Waals surface area contributed by atoms with Crippen molar-refractivity contribution in [2.24, 2.45) is 0 Å². The molecule has 6 heteroatoms. The van der Waals surface area contributed by atoms with Gasteiger partial charge in [-0.3, -0.25) is 9.59 Å². The van der Waals surface area contributed by atoms with E-state index in [1.165, 1.54) is 4.68 Å². The average Bonchev–Trinajstić information content (AvgIpc) is 3.03. The number of rotatable bonds is 4. The number of aromatic amines is 1. The molecule has 2 N–H and O–H groups in total. The van der Waals surface area contributed by atoms with Gasteiger partial charge in [0.1, 0.15) is 12.1 Å².